The Morgan fingerprint density at radius 2 is 1.93 bits per heavy atom. The SMILES string of the molecule is Cc1cn(CCCC2CNC(C)(C)C2)nc1S(=O)(=O)NC(=O)c1ccc(-n2ccc(OCCC(C3CC3)C3CC3)n2)nc1Cl. The maximum absolute atomic E-state index is 13.1. The fourth-order valence-corrected chi connectivity index (χ4v) is 7.95. The van der Waals surface area contributed by atoms with Crippen LogP contribution in [0.3, 0.4) is 0 Å². The second-order valence-corrected chi connectivity index (χ2v) is 15.3. The van der Waals surface area contributed by atoms with Gasteiger partial charge in [0.1, 0.15) is 5.15 Å². The normalized spacial score (nSPS) is 19.9. The smallest absolute Gasteiger partial charge is 0.283 e. The third-order valence-electron chi connectivity index (χ3n) is 9.08. The Morgan fingerprint density at radius 3 is 2.59 bits per heavy atom. The Hall–Kier alpha value is -2.96. The Labute approximate surface area is 264 Å². The lowest BCUT2D eigenvalue weighted by atomic mass is 9.94. The molecule has 4 heterocycles. The lowest BCUT2D eigenvalue weighted by Gasteiger charge is -2.17. The molecule has 13 heteroatoms. The number of amides is 1. The topological polar surface area (TPSA) is 133 Å². The lowest BCUT2D eigenvalue weighted by molar-refractivity contribution is 0.0981. The van der Waals surface area contributed by atoms with E-state index >= 15 is 0 Å². The van der Waals surface area contributed by atoms with E-state index in [9.17, 15) is 13.2 Å². The molecular formula is C31H42ClN7O4S. The van der Waals surface area contributed by atoms with Crippen molar-refractivity contribution in [2.75, 3.05) is 13.2 Å². The van der Waals surface area contributed by atoms with Crippen LogP contribution in [0.5, 0.6) is 5.88 Å². The minimum Gasteiger partial charge on any atom is -0.477 e. The van der Waals surface area contributed by atoms with Crippen molar-refractivity contribution in [3.63, 3.8) is 0 Å². The molecule has 1 unspecified atom stereocenters. The van der Waals surface area contributed by atoms with Gasteiger partial charge in [-0.25, -0.2) is 14.4 Å². The van der Waals surface area contributed by atoms with Gasteiger partial charge in [-0.3, -0.25) is 9.48 Å². The van der Waals surface area contributed by atoms with E-state index in [0.717, 1.165) is 50.0 Å². The second kappa shape index (κ2) is 12.4. The lowest BCUT2D eigenvalue weighted by Crippen LogP contribution is -2.31. The van der Waals surface area contributed by atoms with Gasteiger partial charge in [-0.1, -0.05) is 11.6 Å². The predicted molar refractivity (Wildman–Crippen MR) is 166 cm³/mol. The number of carbonyl (C=O) groups is 1. The number of halogens is 1. The summed E-state index contributed by atoms with van der Waals surface area (Å²) >= 11 is 6.35. The molecule has 1 aliphatic heterocycles. The predicted octanol–water partition coefficient (Wildman–Crippen LogP) is 4.92. The average molecular weight is 644 g/mol. The zero-order chi connectivity index (χ0) is 31.1. The van der Waals surface area contributed by atoms with Crippen LogP contribution in [0.1, 0.15) is 81.1 Å². The van der Waals surface area contributed by atoms with Crippen LogP contribution < -0.4 is 14.8 Å². The van der Waals surface area contributed by atoms with E-state index in [4.69, 9.17) is 16.3 Å². The van der Waals surface area contributed by atoms with E-state index in [1.807, 2.05) is 0 Å². The molecule has 2 aliphatic carbocycles. The summed E-state index contributed by atoms with van der Waals surface area (Å²) in [4.78, 5) is 17.3. The van der Waals surface area contributed by atoms with E-state index < -0.39 is 15.9 Å². The van der Waals surface area contributed by atoms with Crippen LogP contribution in [-0.4, -0.2) is 57.6 Å². The van der Waals surface area contributed by atoms with Gasteiger partial charge in [-0.2, -0.15) is 13.5 Å². The van der Waals surface area contributed by atoms with Crippen molar-refractivity contribution in [1.82, 2.24) is 34.6 Å². The number of carbonyl (C=O) groups excluding carboxylic acids is 1. The molecule has 44 heavy (non-hydrogen) atoms. The standard InChI is InChI=1S/C31H42ClN7O4S/c1-20-19-38(14-4-5-21-17-31(2,3)33-18-21)36-30(20)44(41,42)37-29(40)25-10-11-26(34-28(25)32)39-15-12-27(35-39)43-16-13-24(22-6-7-22)23-8-9-23/h10-12,15,19,21-24,33H,4-9,13-14,16-18H2,1-3H3,(H,37,40). The molecule has 0 radical (unpaired) electrons. The number of hydrogen-bond acceptors (Lipinski definition) is 8. The van der Waals surface area contributed by atoms with Gasteiger partial charge in [0, 0.05) is 36.1 Å². The zero-order valence-electron chi connectivity index (χ0n) is 25.6. The minimum absolute atomic E-state index is 0.0704. The average Bonchev–Trinajstić information content (AvgIpc) is 3.87. The molecule has 3 aromatic rings. The molecule has 3 aromatic heterocycles. The summed E-state index contributed by atoms with van der Waals surface area (Å²) in [7, 11) is -4.23. The molecule has 238 valence electrons. The number of rotatable bonds is 14. The number of aromatic nitrogens is 5. The maximum atomic E-state index is 13.1. The first-order valence-electron chi connectivity index (χ1n) is 15.7. The van der Waals surface area contributed by atoms with Crippen molar-refractivity contribution in [3.8, 4) is 11.7 Å². The molecule has 2 saturated carbocycles. The number of pyridine rings is 1. The van der Waals surface area contributed by atoms with Crippen LogP contribution in [-0.2, 0) is 16.6 Å². The fraction of sp³-hybridized carbons (Fsp3) is 0.613. The summed E-state index contributed by atoms with van der Waals surface area (Å²) in [5.74, 6) is 3.12. The molecule has 1 atom stereocenters. The molecule has 2 N–H and O–H groups in total. The zero-order valence-corrected chi connectivity index (χ0v) is 27.2. The van der Waals surface area contributed by atoms with Gasteiger partial charge in [0.05, 0.1) is 12.2 Å². The monoisotopic (exact) mass is 643 g/mol. The number of hydrogen-bond donors (Lipinski definition) is 2. The summed E-state index contributed by atoms with van der Waals surface area (Å²) in [6.45, 7) is 8.30. The van der Waals surface area contributed by atoms with Gasteiger partial charge in [-0.15, -0.1) is 5.10 Å². The van der Waals surface area contributed by atoms with Gasteiger partial charge in [0.15, 0.2) is 10.8 Å². The van der Waals surface area contributed by atoms with Gasteiger partial charge in [-0.05, 0) is 114 Å². The summed E-state index contributed by atoms with van der Waals surface area (Å²) in [5, 5.41) is 11.9. The molecule has 1 saturated heterocycles. The quantitative estimate of drug-likeness (QED) is 0.237. The van der Waals surface area contributed by atoms with Crippen molar-refractivity contribution < 1.29 is 17.9 Å². The van der Waals surface area contributed by atoms with Crippen LogP contribution >= 0.6 is 11.6 Å². The molecule has 0 aromatic carbocycles. The Bertz CT molecular complexity index is 1600. The van der Waals surface area contributed by atoms with E-state index in [0.29, 0.717) is 36.3 Å². The van der Waals surface area contributed by atoms with Gasteiger partial charge >= 0.3 is 0 Å². The van der Waals surface area contributed by atoms with Crippen molar-refractivity contribution in [2.24, 2.45) is 23.7 Å². The van der Waals surface area contributed by atoms with Gasteiger partial charge in [0.25, 0.3) is 15.9 Å². The van der Waals surface area contributed by atoms with E-state index in [2.05, 4.69) is 39.1 Å². The molecule has 1 amide bonds. The van der Waals surface area contributed by atoms with Crippen LogP contribution in [0.15, 0.2) is 35.6 Å². The highest BCUT2D eigenvalue weighted by molar-refractivity contribution is 7.90. The first kappa shape index (κ1) is 31.0. The molecule has 3 aliphatic rings. The van der Waals surface area contributed by atoms with Gasteiger partial charge < -0.3 is 10.1 Å². The molecule has 11 nitrogen and oxygen atoms in total. The van der Waals surface area contributed by atoms with Crippen molar-refractivity contribution in [2.45, 2.75) is 89.2 Å². The van der Waals surface area contributed by atoms with E-state index in [1.54, 1.807) is 36.1 Å². The summed E-state index contributed by atoms with van der Waals surface area (Å²) < 4.78 is 37.4. The number of aryl methyl sites for hydroxylation is 2. The van der Waals surface area contributed by atoms with E-state index in [-0.39, 0.29) is 21.3 Å². The minimum atomic E-state index is -4.23. The van der Waals surface area contributed by atoms with Gasteiger partial charge in [0.2, 0.25) is 5.88 Å². The number of nitrogens with zero attached hydrogens (tertiary/aromatic N) is 5. The maximum Gasteiger partial charge on any atom is 0.283 e. The van der Waals surface area contributed by atoms with Crippen LogP contribution in [0.2, 0.25) is 5.15 Å². The third kappa shape index (κ3) is 7.46. The highest BCUT2D eigenvalue weighted by atomic mass is 35.5. The Kier molecular flexibility index (Phi) is 8.78. The third-order valence-corrected chi connectivity index (χ3v) is 10.7. The number of nitrogens with one attached hydrogen (secondary N) is 2. The van der Waals surface area contributed by atoms with Crippen molar-refractivity contribution in [1.29, 1.82) is 0 Å². The summed E-state index contributed by atoms with van der Waals surface area (Å²) in [6, 6.07) is 4.75. The Morgan fingerprint density at radius 1 is 1.18 bits per heavy atom. The van der Waals surface area contributed by atoms with Crippen molar-refractivity contribution >= 4 is 27.5 Å². The molecule has 0 bridgehead atoms. The second-order valence-electron chi connectivity index (χ2n) is 13.4. The largest absolute Gasteiger partial charge is 0.477 e. The molecule has 3 fully saturated rings. The Balaban J connectivity index is 1.03. The summed E-state index contributed by atoms with van der Waals surface area (Å²) in [5.41, 5.74) is 0.552. The van der Waals surface area contributed by atoms with Crippen LogP contribution in [0.4, 0.5) is 0 Å². The van der Waals surface area contributed by atoms with Crippen LogP contribution in [0, 0.1) is 30.6 Å². The highest BCUT2D eigenvalue weighted by Crippen LogP contribution is 2.50. The fourth-order valence-electron chi connectivity index (χ4n) is 6.58. The molecular weight excluding hydrogens is 602 g/mol. The van der Waals surface area contributed by atoms with Crippen molar-refractivity contribution in [3.05, 3.63) is 46.9 Å². The van der Waals surface area contributed by atoms with E-state index in [1.165, 1.54) is 36.4 Å². The first-order valence-corrected chi connectivity index (χ1v) is 17.6. The number of ether oxygens (including phenoxy) is 1. The van der Waals surface area contributed by atoms with Crippen LogP contribution in [0.25, 0.3) is 5.82 Å². The molecule has 0 spiro atoms. The number of sulfonamides is 1. The highest BCUT2D eigenvalue weighted by Gasteiger charge is 2.41. The molecule has 6 rings (SSSR count). The summed E-state index contributed by atoms with van der Waals surface area (Å²) in [6.07, 6.45) is 12.9. The first-order chi connectivity index (χ1) is 21.0.